The summed E-state index contributed by atoms with van der Waals surface area (Å²) in [6.45, 7) is 11.4. The number of carbonyl (C=O) groups excluding carboxylic acids is 1. The number of nitrogens with one attached hydrogen (secondary N) is 1. The first-order chi connectivity index (χ1) is 10.6. The van der Waals surface area contributed by atoms with Gasteiger partial charge in [0.2, 0.25) is 0 Å². The standard InChI is InChI=1S/C17H28N2O3/c1-5-19(6-2)16-10-8-15(9-11-16)18-17(20)14(4)22-13-12-21-7-3/h8-11,14H,5-7,12-13H2,1-4H3,(H,18,20). The average Bonchev–Trinajstić information content (AvgIpc) is 2.54. The van der Waals surface area contributed by atoms with Crippen molar-refractivity contribution in [1.29, 1.82) is 0 Å². The minimum Gasteiger partial charge on any atom is -0.379 e. The molecule has 1 amide bonds. The van der Waals surface area contributed by atoms with Gasteiger partial charge in [0.05, 0.1) is 13.2 Å². The van der Waals surface area contributed by atoms with Crippen LogP contribution < -0.4 is 10.2 Å². The zero-order valence-electron chi connectivity index (χ0n) is 14.1. The van der Waals surface area contributed by atoms with E-state index in [0.29, 0.717) is 19.8 Å². The van der Waals surface area contributed by atoms with Gasteiger partial charge in [-0.3, -0.25) is 4.79 Å². The second-order valence-corrected chi connectivity index (χ2v) is 4.92. The first kappa shape index (κ1) is 18.5. The minimum atomic E-state index is -0.497. The van der Waals surface area contributed by atoms with E-state index in [1.165, 1.54) is 0 Å². The van der Waals surface area contributed by atoms with Crippen LogP contribution in [-0.2, 0) is 14.3 Å². The molecule has 124 valence electrons. The van der Waals surface area contributed by atoms with E-state index >= 15 is 0 Å². The van der Waals surface area contributed by atoms with Crippen molar-refractivity contribution >= 4 is 17.3 Å². The Hall–Kier alpha value is -1.59. The number of anilines is 2. The molecule has 5 heteroatoms. The number of hydrogen-bond donors (Lipinski definition) is 1. The van der Waals surface area contributed by atoms with E-state index < -0.39 is 6.10 Å². The van der Waals surface area contributed by atoms with Gasteiger partial charge < -0.3 is 19.7 Å². The molecule has 0 bridgehead atoms. The topological polar surface area (TPSA) is 50.8 Å². The Balaban J connectivity index is 2.47. The first-order valence-electron chi connectivity index (χ1n) is 7.97. The Kier molecular flexibility index (Phi) is 8.55. The Morgan fingerprint density at radius 1 is 1.14 bits per heavy atom. The minimum absolute atomic E-state index is 0.146. The van der Waals surface area contributed by atoms with Gasteiger partial charge in [0.25, 0.3) is 5.91 Å². The lowest BCUT2D eigenvalue weighted by molar-refractivity contribution is -0.127. The summed E-state index contributed by atoms with van der Waals surface area (Å²) in [6.07, 6.45) is -0.497. The highest BCUT2D eigenvalue weighted by molar-refractivity contribution is 5.94. The zero-order valence-corrected chi connectivity index (χ0v) is 14.1. The normalized spacial score (nSPS) is 12.0. The summed E-state index contributed by atoms with van der Waals surface area (Å²) in [5.74, 6) is -0.146. The van der Waals surface area contributed by atoms with Crippen LogP contribution >= 0.6 is 0 Å². The lowest BCUT2D eigenvalue weighted by Gasteiger charge is -2.21. The smallest absolute Gasteiger partial charge is 0.253 e. The van der Waals surface area contributed by atoms with Gasteiger partial charge in [-0.05, 0) is 52.0 Å². The number of hydrogen-bond acceptors (Lipinski definition) is 4. The van der Waals surface area contributed by atoms with Crippen molar-refractivity contribution in [2.75, 3.05) is 43.1 Å². The predicted molar refractivity (Wildman–Crippen MR) is 90.5 cm³/mol. The molecule has 0 radical (unpaired) electrons. The van der Waals surface area contributed by atoms with Crippen LogP contribution in [0.4, 0.5) is 11.4 Å². The maximum Gasteiger partial charge on any atom is 0.253 e. The van der Waals surface area contributed by atoms with Crippen molar-refractivity contribution in [1.82, 2.24) is 0 Å². The highest BCUT2D eigenvalue weighted by Crippen LogP contribution is 2.17. The number of carbonyl (C=O) groups is 1. The Labute approximate surface area is 133 Å². The van der Waals surface area contributed by atoms with Crippen molar-refractivity contribution in [3.05, 3.63) is 24.3 Å². The highest BCUT2D eigenvalue weighted by atomic mass is 16.5. The van der Waals surface area contributed by atoms with E-state index in [9.17, 15) is 4.79 Å². The third kappa shape index (κ3) is 6.03. The second kappa shape index (κ2) is 10.2. The quantitative estimate of drug-likeness (QED) is 0.675. The lowest BCUT2D eigenvalue weighted by Crippen LogP contribution is -2.29. The molecule has 1 aromatic carbocycles. The Morgan fingerprint density at radius 2 is 1.77 bits per heavy atom. The largest absolute Gasteiger partial charge is 0.379 e. The number of ether oxygens (including phenoxy) is 2. The zero-order chi connectivity index (χ0) is 16.4. The number of rotatable bonds is 10. The number of amides is 1. The van der Waals surface area contributed by atoms with Gasteiger partial charge in [0.15, 0.2) is 0 Å². The van der Waals surface area contributed by atoms with Crippen LogP contribution in [0.15, 0.2) is 24.3 Å². The Bertz CT molecular complexity index is 430. The van der Waals surface area contributed by atoms with E-state index in [4.69, 9.17) is 9.47 Å². The monoisotopic (exact) mass is 308 g/mol. The molecule has 1 atom stereocenters. The summed E-state index contributed by atoms with van der Waals surface area (Å²) in [7, 11) is 0. The van der Waals surface area contributed by atoms with E-state index in [2.05, 4.69) is 24.1 Å². The van der Waals surface area contributed by atoms with Crippen LogP contribution in [0.2, 0.25) is 0 Å². The molecule has 0 saturated carbocycles. The van der Waals surface area contributed by atoms with E-state index in [-0.39, 0.29) is 5.91 Å². The summed E-state index contributed by atoms with van der Waals surface area (Å²) in [4.78, 5) is 14.3. The predicted octanol–water partition coefficient (Wildman–Crippen LogP) is 2.91. The SMILES string of the molecule is CCOCCOC(C)C(=O)Nc1ccc(N(CC)CC)cc1. The van der Waals surface area contributed by atoms with Crippen LogP contribution in [-0.4, -0.2) is 44.9 Å². The van der Waals surface area contributed by atoms with Crippen LogP contribution in [0.3, 0.4) is 0 Å². The third-order valence-electron chi connectivity index (χ3n) is 3.43. The molecule has 1 N–H and O–H groups in total. The molecule has 0 fully saturated rings. The Morgan fingerprint density at radius 3 is 2.32 bits per heavy atom. The summed E-state index contributed by atoms with van der Waals surface area (Å²) in [5, 5.41) is 2.86. The summed E-state index contributed by atoms with van der Waals surface area (Å²) < 4.78 is 10.6. The van der Waals surface area contributed by atoms with Gasteiger partial charge >= 0.3 is 0 Å². The molecular formula is C17H28N2O3. The summed E-state index contributed by atoms with van der Waals surface area (Å²) in [5.41, 5.74) is 1.94. The van der Waals surface area contributed by atoms with Gasteiger partial charge in [-0.1, -0.05) is 0 Å². The molecule has 1 rings (SSSR count). The molecule has 5 nitrogen and oxygen atoms in total. The molecule has 0 aliphatic rings. The first-order valence-corrected chi connectivity index (χ1v) is 7.97. The third-order valence-corrected chi connectivity index (χ3v) is 3.43. The molecule has 0 saturated heterocycles. The fourth-order valence-electron chi connectivity index (χ4n) is 2.09. The van der Waals surface area contributed by atoms with Gasteiger partial charge in [-0.2, -0.15) is 0 Å². The van der Waals surface area contributed by atoms with Crippen molar-refractivity contribution in [2.45, 2.75) is 33.8 Å². The summed E-state index contributed by atoms with van der Waals surface area (Å²) >= 11 is 0. The van der Waals surface area contributed by atoms with E-state index in [0.717, 1.165) is 24.5 Å². The molecule has 0 aliphatic heterocycles. The van der Waals surface area contributed by atoms with Gasteiger partial charge in [0.1, 0.15) is 6.10 Å². The summed E-state index contributed by atoms with van der Waals surface area (Å²) in [6, 6.07) is 7.86. The van der Waals surface area contributed by atoms with Crippen LogP contribution in [0, 0.1) is 0 Å². The maximum absolute atomic E-state index is 12.0. The van der Waals surface area contributed by atoms with Gasteiger partial charge in [-0.15, -0.1) is 0 Å². The molecule has 0 aromatic heterocycles. The van der Waals surface area contributed by atoms with E-state index in [1.807, 2.05) is 31.2 Å². The molecule has 0 aliphatic carbocycles. The van der Waals surface area contributed by atoms with Crippen LogP contribution in [0.5, 0.6) is 0 Å². The molecule has 0 spiro atoms. The molecule has 0 heterocycles. The maximum atomic E-state index is 12.0. The lowest BCUT2D eigenvalue weighted by atomic mass is 10.2. The second-order valence-electron chi connectivity index (χ2n) is 4.92. The highest BCUT2D eigenvalue weighted by Gasteiger charge is 2.13. The molecule has 1 unspecified atom stereocenters. The number of benzene rings is 1. The molecule has 22 heavy (non-hydrogen) atoms. The van der Waals surface area contributed by atoms with Crippen molar-refractivity contribution in [3.8, 4) is 0 Å². The molecular weight excluding hydrogens is 280 g/mol. The van der Waals surface area contributed by atoms with Crippen LogP contribution in [0.1, 0.15) is 27.7 Å². The van der Waals surface area contributed by atoms with Gasteiger partial charge in [0, 0.05) is 31.1 Å². The average molecular weight is 308 g/mol. The van der Waals surface area contributed by atoms with Crippen LogP contribution in [0.25, 0.3) is 0 Å². The van der Waals surface area contributed by atoms with Crippen molar-refractivity contribution in [3.63, 3.8) is 0 Å². The number of nitrogens with zero attached hydrogens (tertiary/aromatic N) is 1. The fraction of sp³-hybridized carbons (Fsp3) is 0.588. The van der Waals surface area contributed by atoms with Gasteiger partial charge in [-0.25, -0.2) is 0 Å². The van der Waals surface area contributed by atoms with Crippen molar-refractivity contribution in [2.24, 2.45) is 0 Å². The van der Waals surface area contributed by atoms with Crippen molar-refractivity contribution < 1.29 is 14.3 Å². The molecule has 1 aromatic rings. The van der Waals surface area contributed by atoms with E-state index in [1.54, 1.807) is 6.92 Å². The fourth-order valence-corrected chi connectivity index (χ4v) is 2.09.